The second-order valence-corrected chi connectivity index (χ2v) is 3.42. The molecule has 0 bridgehead atoms. The van der Waals surface area contributed by atoms with Crippen LogP contribution in [0.3, 0.4) is 0 Å². The number of rotatable bonds is 3. The van der Waals surface area contributed by atoms with E-state index in [0.29, 0.717) is 12.3 Å². The first-order valence-electron chi connectivity index (χ1n) is 5.24. The number of ether oxygens (including phenoxy) is 1. The fraction of sp³-hybridized carbons (Fsp3) is 0.0769. The summed E-state index contributed by atoms with van der Waals surface area (Å²) in [5.41, 5.74) is 1.02. The van der Waals surface area contributed by atoms with Crippen LogP contribution in [0.2, 0.25) is 0 Å². The standard InChI is InChI=1S/C13H12N2O2/c16-13(17-12-7-4-8-14-10-12)15-9-11-5-2-1-3-6-11/h1-8,10H,9H2,(H,15,16). The van der Waals surface area contributed by atoms with E-state index in [4.69, 9.17) is 4.74 Å². The highest BCUT2D eigenvalue weighted by atomic mass is 16.6. The first-order valence-corrected chi connectivity index (χ1v) is 5.24. The van der Waals surface area contributed by atoms with Crippen molar-refractivity contribution in [3.8, 4) is 5.75 Å². The molecule has 0 aliphatic heterocycles. The maximum atomic E-state index is 11.4. The van der Waals surface area contributed by atoms with Crippen molar-refractivity contribution < 1.29 is 9.53 Å². The summed E-state index contributed by atoms with van der Waals surface area (Å²) in [5.74, 6) is 0.429. The van der Waals surface area contributed by atoms with Crippen LogP contribution in [0.25, 0.3) is 0 Å². The highest BCUT2D eigenvalue weighted by molar-refractivity contribution is 5.70. The second kappa shape index (κ2) is 5.65. The molecule has 0 unspecified atom stereocenters. The molecule has 4 heteroatoms. The first-order chi connectivity index (χ1) is 8.34. The molecule has 0 spiro atoms. The van der Waals surface area contributed by atoms with Gasteiger partial charge in [0.05, 0.1) is 6.20 Å². The SMILES string of the molecule is O=C(NCc1ccccc1)Oc1cccnc1. The van der Waals surface area contributed by atoms with Crippen molar-refractivity contribution in [2.75, 3.05) is 0 Å². The topological polar surface area (TPSA) is 51.2 Å². The summed E-state index contributed by atoms with van der Waals surface area (Å²) in [5, 5.41) is 2.66. The van der Waals surface area contributed by atoms with Gasteiger partial charge in [-0.1, -0.05) is 30.3 Å². The van der Waals surface area contributed by atoms with Crippen molar-refractivity contribution >= 4 is 6.09 Å². The number of hydrogen-bond acceptors (Lipinski definition) is 3. The van der Waals surface area contributed by atoms with Crippen LogP contribution in [-0.2, 0) is 6.54 Å². The Kier molecular flexibility index (Phi) is 3.70. The largest absolute Gasteiger partial charge is 0.412 e. The fourth-order valence-electron chi connectivity index (χ4n) is 1.32. The lowest BCUT2D eigenvalue weighted by molar-refractivity contribution is 0.200. The molecule has 0 atom stereocenters. The maximum Gasteiger partial charge on any atom is 0.412 e. The Morgan fingerprint density at radius 1 is 1.18 bits per heavy atom. The number of nitrogens with zero attached hydrogens (tertiary/aromatic N) is 1. The van der Waals surface area contributed by atoms with Gasteiger partial charge in [-0.25, -0.2) is 4.79 Å². The van der Waals surface area contributed by atoms with Gasteiger partial charge in [-0.3, -0.25) is 4.98 Å². The highest BCUT2D eigenvalue weighted by Gasteiger charge is 2.03. The van der Waals surface area contributed by atoms with Crippen LogP contribution in [0.5, 0.6) is 5.75 Å². The molecule has 0 aliphatic rings. The molecule has 0 saturated heterocycles. The molecule has 2 rings (SSSR count). The van der Waals surface area contributed by atoms with Crippen LogP contribution >= 0.6 is 0 Å². The smallest absolute Gasteiger partial charge is 0.409 e. The van der Waals surface area contributed by atoms with Gasteiger partial charge in [0.15, 0.2) is 5.75 Å². The molecule has 1 aromatic heterocycles. The third kappa shape index (κ3) is 3.61. The predicted molar refractivity (Wildman–Crippen MR) is 63.5 cm³/mol. The monoisotopic (exact) mass is 228 g/mol. The third-order valence-corrected chi connectivity index (χ3v) is 2.12. The summed E-state index contributed by atoms with van der Waals surface area (Å²) in [6, 6.07) is 13.0. The van der Waals surface area contributed by atoms with Gasteiger partial charge in [0.2, 0.25) is 0 Å². The number of carbonyl (C=O) groups excluding carboxylic acids is 1. The Hall–Kier alpha value is -2.36. The number of pyridine rings is 1. The first kappa shape index (κ1) is 11.1. The van der Waals surface area contributed by atoms with Gasteiger partial charge >= 0.3 is 6.09 Å². The van der Waals surface area contributed by atoms with E-state index in [1.807, 2.05) is 30.3 Å². The summed E-state index contributed by atoms with van der Waals surface area (Å²) in [6.07, 6.45) is 2.62. The average molecular weight is 228 g/mol. The second-order valence-electron chi connectivity index (χ2n) is 3.42. The molecular formula is C13H12N2O2. The van der Waals surface area contributed by atoms with E-state index in [2.05, 4.69) is 10.3 Å². The van der Waals surface area contributed by atoms with Crippen LogP contribution in [0, 0.1) is 0 Å². The van der Waals surface area contributed by atoms with Crippen LogP contribution in [-0.4, -0.2) is 11.1 Å². The Bertz CT molecular complexity index is 471. The molecule has 86 valence electrons. The lowest BCUT2D eigenvalue weighted by atomic mass is 10.2. The zero-order valence-corrected chi connectivity index (χ0v) is 9.17. The minimum absolute atomic E-state index is 0.429. The number of benzene rings is 1. The van der Waals surface area contributed by atoms with Crippen molar-refractivity contribution in [2.24, 2.45) is 0 Å². The molecule has 2 aromatic rings. The van der Waals surface area contributed by atoms with E-state index in [1.165, 1.54) is 6.20 Å². The molecular weight excluding hydrogens is 216 g/mol. The molecule has 1 N–H and O–H groups in total. The van der Waals surface area contributed by atoms with Gasteiger partial charge in [0.25, 0.3) is 0 Å². The third-order valence-electron chi connectivity index (χ3n) is 2.12. The maximum absolute atomic E-state index is 11.4. The van der Waals surface area contributed by atoms with Gasteiger partial charge < -0.3 is 10.1 Å². The lowest BCUT2D eigenvalue weighted by Gasteiger charge is -2.05. The minimum Gasteiger partial charge on any atom is -0.409 e. The molecule has 0 aliphatic carbocycles. The van der Waals surface area contributed by atoms with Crippen molar-refractivity contribution in [1.29, 1.82) is 0 Å². The summed E-state index contributed by atoms with van der Waals surface area (Å²) < 4.78 is 5.02. The number of carbonyl (C=O) groups is 1. The molecule has 17 heavy (non-hydrogen) atoms. The minimum atomic E-state index is -0.484. The van der Waals surface area contributed by atoms with Gasteiger partial charge in [0, 0.05) is 12.7 Å². The summed E-state index contributed by atoms with van der Waals surface area (Å²) in [7, 11) is 0. The van der Waals surface area contributed by atoms with Crippen molar-refractivity contribution in [1.82, 2.24) is 10.3 Å². The van der Waals surface area contributed by atoms with Crippen molar-refractivity contribution in [3.05, 3.63) is 60.4 Å². The molecule has 1 heterocycles. The number of hydrogen-bond donors (Lipinski definition) is 1. The Labute approximate surface area is 99.3 Å². The van der Waals surface area contributed by atoms with Crippen molar-refractivity contribution in [2.45, 2.75) is 6.54 Å². The zero-order valence-electron chi connectivity index (χ0n) is 9.17. The Balaban J connectivity index is 1.83. The van der Waals surface area contributed by atoms with Crippen LogP contribution in [0.4, 0.5) is 4.79 Å². The number of nitrogens with one attached hydrogen (secondary N) is 1. The lowest BCUT2D eigenvalue weighted by Crippen LogP contribution is -2.26. The molecule has 0 radical (unpaired) electrons. The van der Waals surface area contributed by atoms with E-state index in [9.17, 15) is 4.79 Å². The molecule has 1 aromatic carbocycles. The van der Waals surface area contributed by atoms with Gasteiger partial charge in [-0.05, 0) is 17.7 Å². The van der Waals surface area contributed by atoms with Crippen LogP contribution < -0.4 is 10.1 Å². The van der Waals surface area contributed by atoms with Crippen molar-refractivity contribution in [3.63, 3.8) is 0 Å². The van der Waals surface area contributed by atoms with E-state index >= 15 is 0 Å². The quantitative estimate of drug-likeness (QED) is 0.877. The van der Waals surface area contributed by atoms with E-state index in [0.717, 1.165) is 5.56 Å². The Morgan fingerprint density at radius 2 is 2.00 bits per heavy atom. The molecule has 4 nitrogen and oxygen atoms in total. The van der Waals surface area contributed by atoms with Crippen LogP contribution in [0.15, 0.2) is 54.9 Å². The van der Waals surface area contributed by atoms with Gasteiger partial charge in [0.1, 0.15) is 0 Å². The van der Waals surface area contributed by atoms with Crippen LogP contribution in [0.1, 0.15) is 5.56 Å². The highest BCUT2D eigenvalue weighted by Crippen LogP contribution is 2.06. The van der Waals surface area contributed by atoms with Gasteiger partial charge in [-0.15, -0.1) is 0 Å². The van der Waals surface area contributed by atoms with E-state index < -0.39 is 6.09 Å². The number of aromatic nitrogens is 1. The number of amides is 1. The summed E-state index contributed by atoms with van der Waals surface area (Å²) >= 11 is 0. The average Bonchev–Trinajstić information content (AvgIpc) is 2.39. The van der Waals surface area contributed by atoms with E-state index in [1.54, 1.807) is 18.3 Å². The van der Waals surface area contributed by atoms with E-state index in [-0.39, 0.29) is 0 Å². The molecule has 0 fully saturated rings. The Morgan fingerprint density at radius 3 is 2.71 bits per heavy atom. The molecule has 0 saturated carbocycles. The predicted octanol–water partition coefficient (Wildman–Crippen LogP) is 2.37. The summed E-state index contributed by atoms with van der Waals surface area (Å²) in [6.45, 7) is 0.444. The normalized spacial score (nSPS) is 9.65. The van der Waals surface area contributed by atoms with Gasteiger partial charge in [-0.2, -0.15) is 0 Å². The fourth-order valence-corrected chi connectivity index (χ4v) is 1.32. The summed E-state index contributed by atoms with van der Waals surface area (Å²) in [4.78, 5) is 15.3. The molecule has 1 amide bonds. The zero-order chi connectivity index (χ0) is 11.9.